The van der Waals surface area contributed by atoms with Gasteiger partial charge in [0.2, 0.25) is 23.8 Å². The molecule has 0 bridgehead atoms. The molecule has 2 aliphatic rings. The molecule has 36 heavy (non-hydrogen) atoms. The lowest BCUT2D eigenvalue weighted by molar-refractivity contribution is -0.131. The number of aromatic nitrogens is 5. The van der Waals surface area contributed by atoms with E-state index < -0.39 is 12.2 Å². The van der Waals surface area contributed by atoms with Crippen molar-refractivity contribution in [3.05, 3.63) is 30.1 Å². The predicted molar refractivity (Wildman–Crippen MR) is 131 cm³/mol. The topological polar surface area (TPSA) is 92.5 Å². The van der Waals surface area contributed by atoms with Crippen LogP contribution in [0.2, 0.25) is 0 Å². The number of hydrogen-bond donors (Lipinski definition) is 0. The number of nitrogens with zero attached hydrogens (tertiary/aromatic N) is 8. The molecule has 12 heteroatoms. The fraction of sp³-hybridized carbons (Fsp3) is 0.542. The van der Waals surface area contributed by atoms with Gasteiger partial charge in [-0.1, -0.05) is 19.1 Å². The number of amides is 1. The molecule has 3 aromatic rings. The highest BCUT2D eigenvalue weighted by atomic mass is 19.3. The number of alkyl halides is 2. The van der Waals surface area contributed by atoms with Crippen LogP contribution in [-0.4, -0.2) is 86.8 Å². The van der Waals surface area contributed by atoms with Gasteiger partial charge in [-0.3, -0.25) is 9.36 Å². The summed E-state index contributed by atoms with van der Waals surface area (Å²) in [4.78, 5) is 36.2. The first-order valence-electron chi connectivity index (χ1n) is 12.3. The van der Waals surface area contributed by atoms with Crippen molar-refractivity contribution in [3.63, 3.8) is 0 Å². The minimum absolute atomic E-state index is 0.0185. The van der Waals surface area contributed by atoms with Crippen molar-refractivity contribution in [3.8, 4) is 5.95 Å². The molecule has 0 N–H and O–H groups in total. The van der Waals surface area contributed by atoms with E-state index in [0.717, 1.165) is 0 Å². The molecule has 192 valence electrons. The SMILES string of the molecule is CCC(=O)N1CCN(c2nc(N3CCO[C@H](C)[C@@H]3C)nc(-n3c(C(F)F)nc4ccccc43)n2)CC1. The van der Waals surface area contributed by atoms with Gasteiger partial charge in [-0.05, 0) is 26.0 Å². The van der Waals surface area contributed by atoms with E-state index in [2.05, 4.69) is 15.0 Å². The van der Waals surface area contributed by atoms with Crippen molar-refractivity contribution in [2.75, 3.05) is 49.1 Å². The van der Waals surface area contributed by atoms with E-state index in [-0.39, 0.29) is 24.0 Å². The Labute approximate surface area is 207 Å². The van der Waals surface area contributed by atoms with Crippen molar-refractivity contribution < 1.29 is 18.3 Å². The van der Waals surface area contributed by atoms with Gasteiger partial charge in [-0.2, -0.15) is 15.0 Å². The van der Waals surface area contributed by atoms with Crippen molar-refractivity contribution in [2.24, 2.45) is 0 Å². The molecule has 0 radical (unpaired) electrons. The minimum Gasteiger partial charge on any atom is -0.375 e. The van der Waals surface area contributed by atoms with Crippen LogP contribution in [0.1, 0.15) is 39.4 Å². The first-order chi connectivity index (χ1) is 17.4. The quantitative estimate of drug-likeness (QED) is 0.528. The second-order valence-electron chi connectivity index (χ2n) is 9.06. The summed E-state index contributed by atoms with van der Waals surface area (Å²) in [6.45, 7) is 9.11. The molecule has 0 saturated carbocycles. The molecule has 2 aromatic heterocycles. The minimum atomic E-state index is -2.81. The van der Waals surface area contributed by atoms with Crippen LogP contribution < -0.4 is 9.80 Å². The lowest BCUT2D eigenvalue weighted by Crippen LogP contribution is -2.50. The lowest BCUT2D eigenvalue weighted by Gasteiger charge is -2.38. The lowest BCUT2D eigenvalue weighted by atomic mass is 10.1. The number of halogens is 2. The average molecular weight is 501 g/mol. The number of imidazole rings is 1. The molecule has 1 amide bonds. The standard InChI is InChI=1S/C24H30F2N8O2/c1-4-19(35)31-9-11-32(12-10-31)22-28-23(33-13-14-36-16(3)15(33)2)30-24(29-22)34-18-8-6-5-7-17(18)27-21(34)20(25)26/h5-8,15-16,20H,4,9-14H2,1-3H3/t15-,16+/m0/s1. The molecule has 0 unspecified atom stereocenters. The van der Waals surface area contributed by atoms with Crippen LogP contribution >= 0.6 is 0 Å². The molecule has 2 aliphatic heterocycles. The molecule has 4 heterocycles. The molecule has 0 spiro atoms. The maximum atomic E-state index is 14.1. The fourth-order valence-electron chi connectivity index (χ4n) is 4.71. The summed E-state index contributed by atoms with van der Waals surface area (Å²) >= 11 is 0. The second-order valence-corrected chi connectivity index (χ2v) is 9.06. The van der Waals surface area contributed by atoms with E-state index >= 15 is 0 Å². The van der Waals surface area contributed by atoms with Gasteiger partial charge in [0.15, 0.2) is 5.82 Å². The van der Waals surface area contributed by atoms with Crippen molar-refractivity contribution in [2.45, 2.75) is 45.8 Å². The van der Waals surface area contributed by atoms with E-state index in [9.17, 15) is 13.6 Å². The van der Waals surface area contributed by atoms with Crippen LogP contribution in [0.4, 0.5) is 20.7 Å². The van der Waals surface area contributed by atoms with Crippen LogP contribution in [-0.2, 0) is 9.53 Å². The summed E-state index contributed by atoms with van der Waals surface area (Å²) in [6.07, 6.45) is -2.40. The second kappa shape index (κ2) is 9.92. The van der Waals surface area contributed by atoms with Crippen LogP contribution in [0, 0.1) is 0 Å². The Balaban J connectivity index is 1.60. The number of benzene rings is 1. The van der Waals surface area contributed by atoms with Gasteiger partial charge >= 0.3 is 0 Å². The van der Waals surface area contributed by atoms with Crippen LogP contribution in [0.15, 0.2) is 24.3 Å². The van der Waals surface area contributed by atoms with Crippen molar-refractivity contribution >= 4 is 28.8 Å². The highest BCUT2D eigenvalue weighted by Gasteiger charge is 2.31. The third-order valence-electron chi connectivity index (χ3n) is 6.94. The van der Waals surface area contributed by atoms with Gasteiger partial charge in [0.05, 0.1) is 29.8 Å². The third-order valence-corrected chi connectivity index (χ3v) is 6.94. The number of fused-ring (bicyclic) bond motifs is 1. The summed E-state index contributed by atoms with van der Waals surface area (Å²) in [5, 5.41) is 0. The Morgan fingerprint density at radius 3 is 2.42 bits per heavy atom. The molecular weight excluding hydrogens is 470 g/mol. The normalized spacial score (nSPS) is 21.0. The molecule has 5 rings (SSSR count). The number of carbonyl (C=O) groups is 1. The smallest absolute Gasteiger partial charge is 0.296 e. The van der Waals surface area contributed by atoms with Crippen LogP contribution in [0.25, 0.3) is 17.0 Å². The van der Waals surface area contributed by atoms with Crippen molar-refractivity contribution in [1.82, 2.24) is 29.4 Å². The molecule has 2 saturated heterocycles. The predicted octanol–water partition coefficient (Wildman–Crippen LogP) is 2.82. The molecule has 0 aliphatic carbocycles. The summed E-state index contributed by atoms with van der Waals surface area (Å²) < 4.78 is 35.3. The van der Waals surface area contributed by atoms with Crippen molar-refractivity contribution in [1.29, 1.82) is 0 Å². The van der Waals surface area contributed by atoms with Gasteiger partial charge in [-0.15, -0.1) is 0 Å². The van der Waals surface area contributed by atoms with E-state index in [1.807, 2.05) is 35.5 Å². The molecule has 10 nitrogen and oxygen atoms in total. The Kier molecular flexibility index (Phi) is 6.69. The van der Waals surface area contributed by atoms with E-state index in [1.165, 1.54) is 4.57 Å². The maximum absolute atomic E-state index is 14.1. The van der Waals surface area contributed by atoms with E-state index in [4.69, 9.17) is 9.72 Å². The molecule has 1 aromatic carbocycles. The molecular formula is C24H30F2N8O2. The number of rotatable bonds is 5. The van der Waals surface area contributed by atoms with E-state index in [1.54, 1.807) is 24.3 Å². The zero-order valence-corrected chi connectivity index (χ0v) is 20.6. The zero-order chi connectivity index (χ0) is 25.4. The summed E-state index contributed by atoms with van der Waals surface area (Å²) in [6, 6.07) is 6.93. The van der Waals surface area contributed by atoms with Gasteiger partial charge < -0.3 is 19.4 Å². The largest absolute Gasteiger partial charge is 0.375 e. The summed E-state index contributed by atoms with van der Waals surface area (Å²) in [7, 11) is 0. The number of para-hydroxylation sites is 2. The number of ether oxygens (including phenoxy) is 1. The van der Waals surface area contributed by atoms with Gasteiger partial charge in [0.25, 0.3) is 6.43 Å². The number of carbonyl (C=O) groups excluding carboxylic acids is 1. The number of piperazine rings is 1. The number of morpholine rings is 1. The first-order valence-corrected chi connectivity index (χ1v) is 12.3. The monoisotopic (exact) mass is 500 g/mol. The number of hydrogen-bond acceptors (Lipinski definition) is 8. The van der Waals surface area contributed by atoms with Gasteiger partial charge in [0, 0.05) is 39.1 Å². The Hall–Kier alpha value is -3.41. The molecule has 2 atom stereocenters. The molecule has 2 fully saturated rings. The van der Waals surface area contributed by atoms with Gasteiger partial charge in [0.1, 0.15) is 0 Å². The fourth-order valence-corrected chi connectivity index (χ4v) is 4.71. The first kappa shape index (κ1) is 24.3. The Morgan fingerprint density at radius 2 is 1.69 bits per heavy atom. The van der Waals surface area contributed by atoms with Crippen LogP contribution in [0.5, 0.6) is 0 Å². The maximum Gasteiger partial charge on any atom is 0.296 e. The summed E-state index contributed by atoms with van der Waals surface area (Å²) in [5.41, 5.74) is 0.939. The Morgan fingerprint density at radius 1 is 1.00 bits per heavy atom. The number of anilines is 2. The zero-order valence-electron chi connectivity index (χ0n) is 20.6. The van der Waals surface area contributed by atoms with E-state index in [0.29, 0.717) is 68.7 Å². The average Bonchev–Trinajstić information content (AvgIpc) is 3.30. The van der Waals surface area contributed by atoms with Gasteiger partial charge in [-0.25, -0.2) is 13.8 Å². The van der Waals surface area contributed by atoms with Crippen LogP contribution in [0.3, 0.4) is 0 Å². The highest BCUT2D eigenvalue weighted by Crippen LogP contribution is 2.29. The third kappa shape index (κ3) is 4.45. The summed E-state index contributed by atoms with van der Waals surface area (Å²) in [5.74, 6) is 0.582. The Bertz CT molecular complexity index is 1240. The highest BCUT2D eigenvalue weighted by molar-refractivity contribution is 5.78.